The van der Waals surface area contributed by atoms with Gasteiger partial charge in [-0.05, 0) is 19.9 Å². The molecule has 1 saturated heterocycles. The summed E-state index contributed by atoms with van der Waals surface area (Å²) in [7, 11) is -3.51. The topological polar surface area (TPSA) is 84.9 Å². The Balaban J connectivity index is 2.25. The van der Waals surface area contributed by atoms with Gasteiger partial charge in [0.05, 0.1) is 42.5 Å². The van der Waals surface area contributed by atoms with Gasteiger partial charge in [0.15, 0.2) is 0 Å². The summed E-state index contributed by atoms with van der Waals surface area (Å²) in [6, 6.07) is 1.40. The lowest BCUT2D eigenvalue weighted by Crippen LogP contribution is -3.14. The van der Waals surface area contributed by atoms with Gasteiger partial charge in [-0.15, -0.1) is 11.3 Å². The summed E-state index contributed by atoms with van der Waals surface area (Å²) < 4.78 is 26.7. The molecule has 8 heteroatoms. The highest BCUT2D eigenvalue weighted by molar-refractivity contribution is 7.89. The Kier molecular flexibility index (Phi) is 4.48. The van der Waals surface area contributed by atoms with Crippen LogP contribution >= 0.6 is 11.3 Å². The van der Waals surface area contributed by atoms with Crippen LogP contribution in [0, 0.1) is 6.92 Å². The van der Waals surface area contributed by atoms with Gasteiger partial charge in [-0.3, -0.25) is 4.79 Å². The Bertz CT molecular complexity index is 601. The molecule has 0 unspecified atom stereocenters. The van der Waals surface area contributed by atoms with E-state index in [9.17, 15) is 13.2 Å². The lowest BCUT2D eigenvalue weighted by molar-refractivity contribution is -0.901. The fraction of sp³-hybridized carbons (Fsp3) is 0.583. The van der Waals surface area contributed by atoms with Crippen LogP contribution in [0.15, 0.2) is 11.0 Å². The molecule has 1 fully saturated rings. The Morgan fingerprint density at radius 3 is 2.50 bits per heavy atom. The van der Waals surface area contributed by atoms with Crippen molar-refractivity contribution < 1.29 is 18.1 Å². The first-order valence-corrected chi connectivity index (χ1v) is 8.86. The molecule has 0 radical (unpaired) electrons. The molecule has 0 bridgehead atoms. The molecule has 1 amide bonds. The molecule has 0 aliphatic carbocycles. The number of carbonyl (C=O) groups is 1. The van der Waals surface area contributed by atoms with E-state index in [1.165, 1.54) is 15.3 Å². The second kappa shape index (κ2) is 5.80. The normalized spacial score (nSPS) is 18.3. The maximum absolute atomic E-state index is 12.6. The molecule has 1 aliphatic heterocycles. The lowest BCUT2D eigenvalue weighted by atomic mass is 10.4. The first-order valence-electron chi connectivity index (χ1n) is 6.60. The number of aryl methyl sites for hydroxylation is 1. The summed E-state index contributed by atoms with van der Waals surface area (Å²) in [6.07, 6.45) is 0. The minimum Gasteiger partial charge on any atom is -0.365 e. The smallest absolute Gasteiger partial charge is 0.258 e. The van der Waals surface area contributed by atoms with Gasteiger partial charge >= 0.3 is 0 Å². The lowest BCUT2D eigenvalue weighted by Gasteiger charge is -2.30. The number of sulfonamides is 1. The highest BCUT2D eigenvalue weighted by Gasteiger charge is 2.32. The number of nitrogens with zero attached hydrogens (tertiary/aromatic N) is 1. The van der Waals surface area contributed by atoms with Gasteiger partial charge < -0.3 is 10.6 Å². The van der Waals surface area contributed by atoms with E-state index in [1.54, 1.807) is 6.92 Å². The van der Waals surface area contributed by atoms with Gasteiger partial charge in [-0.1, -0.05) is 0 Å². The van der Waals surface area contributed by atoms with Gasteiger partial charge in [0.1, 0.15) is 0 Å². The van der Waals surface area contributed by atoms with Crippen LogP contribution in [-0.4, -0.2) is 51.4 Å². The number of amides is 1. The molecule has 0 aromatic carbocycles. The summed E-state index contributed by atoms with van der Waals surface area (Å²) in [6.45, 7) is 7.50. The van der Waals surface area contributed by atoms with E-state index in [-0.39, 0.29) is 4.90 Å². The summed E-state index contributed by atoms with van der Waals surface area (Å²) in [5, 5.41) is 0. The van der Waals surface area contributed by atoms with Crippen molar-refractivity contribution >= 4 is 27.3 Å². The van der Waals surface area contributed by atoms with Crippen molar-refractivity contribution in [2.45, 2.75) is 18.7 Å². The van der Waals surface area contributed by atoms with E-state index < -0.39 is 15.9 Å². The highest BCUT2D eigenvalue weighted by atomic mass is 32.2. The largest absolute Gasteiger partial charge is 0.365 e. The Labute approximate surface area is 123 Å². The molecule has 112 valence electrons. The number of rotatable bonds is 4. The van der Waals surface area contributed by atoms with Crippen LogP contribution in [-0.2, 0) is 10.0 Å². The van der Waals surface area contributed by atoms with Gasteiger partial charge in [0.25, 0.3) is 5.91 Å². The molecule has 1 aromatic rings. The molecule has 0 atom stereocenters. The molecule has 2 heterocycles. The van der Waals surface area contributed by atoms with E-state index in [1.807, 2.05) is 0 Å². The van der Waals surface area contributed by atoms with Gasteiger partial charge in [-0.25, -0.2) is 8.42 Å². The number of hydrogen-bond acceptors (Lipinski definition) is 4. The van der Waals surface area contributed by atoms with Crippen molar-refractivity contribution in [3.8, 4) is 0 Å². The molecule has 2 rings (SSSR count). The van der Waals surface area contributed by atoms with Gasteiger partial charge in [0.2, 0.25) is 10.0 Å². The number of carbonyl (C=O) groups excluding carboxylic acids is 1. The number of likely N-dealkylation sites (N-methyl/N-ethyl adjacent to an activating group) is 1. The predicted molar refractivity (Wildman–Crippen MR) is 77.6 cm³/mol. The van der Waals surface area contributed by atoms with Crippen LogP contribution < -0.4 is 10.6 Å². The number of piperazine rings is 1. The summed E-state index contributed by atoms with van der Waals surface area (Å²) in [5.74, 6) is -0.584. The van der Waals surface area contributed by atoms with Crippen LogP contribution in [0.1, 0.15) is 21.5 Å². The quantitative estimate of drug-likeness (QED) is 0.752. The molecule has 20 heavy (non-hydrogen) atoms. The molecule has 6 nitrogen and oxygen atoms in total. The van der Waals surface area contributed by atoms with Crippen molar-refractivity contribution in [3.63, 3.8) is 0 Å². The summed E-state index contributed by atoms with van der Waals surface area (Å²) >= 11 is 1.13. The van der Waals surface area contributed by atoms with Crippen molar-refractivity contribution in [1.82, 2.24) is 4.31 Å². The van der Waals surface area contributed by atoms with Crippen molar-refractivity contribution in [1.29, 1.82) is 0 Å². The average molecular weight is 318 g/mol. The number of primary amides is 1. The fourth-order valence-electron chi connectivity index (χ4n) is 2.38. The molecular weight excluding hydrogens is 298 g/mol. The molecule has 1 aliphatic rings. The van der Waals surface area contributed by atoms with Gasteiger partial charge in [-0.2, -0.15) is 4.31 Å². The number of hydrogen-bond donors (Lipinski definition) is 2. The SMILES string of the molecule is CC[NH+]1CCN(S(=O)(=O)c2cc(C(N)=O)sc2C)CC1. The van der Waals surface area contributed by atoms with Crippen LogP contribution in [0.3, 0.4) is 0 Å². The van der Waals surface area contributed by atoms with Crippen LogP contribution in [0.4, 0.5) is 0 Å². The monoisotopic (exact) mass is 318 g/mol. The van der Waals surface area contributed by atoms with Crippen LogP contribution in [0.2, 0.25) is 0 Å². The minimum absolute atomic E-state index is 0.219. The molecule has 3 N–H and O–H groups in total. The second-order valence-corrected chi connectivity index (χ2v) is 8.07. The number of nitrogens with two attached hydrogens (primary N) is 1. The zero-order valence-corrected chi connectivity index (χ0v) is 13.3. The average Bonchev–Trinajstić information content (AvgIpc) is 2.82. The van der Waals surface area contributed by atoms with E-state index in [2.05, 4.69) is 6.92 Å². The fourth-order valence-corrected chi connectivity index (χ4v) is 5.23. The molecule has 0 saturated carbocycles. The molecular formula is C12H20N3O3S2+. The number of thiophene rings is 1. The molecule has 0 spiro atoms. The first kappa shape index (κ1) is 15.4. The Morgan fingerprint density at radius 1 is 1.45 bits per heavy atom. The third kappa shape index (κ3) is 2.88. The van der Waals surface area contributed by atoms with Gasteiger partial charge in [0, 0.05) is 4.88 Å². The predicted octanol–water partition coefficient (Wildman–Crippen LogP) is -0.935. The zero-order valence-electron chi connectivity index (χ0n) is 11.7. The number of quaternary nitrogens is 1. The zero-order chi connectivity index (χ0) is 14.9. The standard InChI is InChI=1S/C12H19N3O3S2/c1-3-14-4-6-15(7-5-14)20(17,18)11-8-10(12(13)16)19-9(11)2/h8H,3-7H2,1-2H3,(H2,13,16)/p+1. The Hall–Kier alpha value is -0.960. The van der Waals surface area contributed by atoms with Crippen molar-refractivity contribution in [3.05, 3.63) is 15.8 Å². The summed E-state index contributed by atoms with van der Waals surface area (Å²) in [4.78, 5) is 13.7. The second-order valence-electron chi connectivity index (χ2n) is 4.90. The number of nitrogens with one attached hydrogen (secondary N) is 1. The maximum atomic E-state index is 12.6. The summed E-state index contributed by atoms with van der Waals surface area (Å²) in [5.41, 5.74) is 5.21. The molecule has 1 aromatic heterocycles. The third-order valence-corrected chi connectivity index (χ3v) is 6.88. The van der Waals surface area contributed by atoms with E-state index in [4.69, 9.17) is 5.73 Å². The highest BCUT2D eigenvalue weighted by Crippen LogP contribution is 2.27. The first-order chi connectivity index (χ1) is 9.36. The third-order valence-electron chi connectivity index (χ3n) is 3.66. The van der Waals surface area contributed by atoms with Crippen molar-refractivity contribution in [2.75, 3.05) is 32.7 Å². The van der Waals surface area contributed by atoms with Crippen molar-refractivity contribution in [2.24, 2.45) is 5.73 Å². The van der Waals surface area contributed by atoms with E-state index >= 15 is 0 Å². The van der Waals surface area contributed by atoms with E-state index in [0.717, 1.165) is 31.0 Å². The maximum Gasteiger partial charge on any atom is 0.258 e. The van der Waals surface area contributed by atoms with Crippen LogP contribution in [0.5, 0.6) is 0 Å². The van der Waals surface area contributed by atoms with Crippen LogP contribution in [0.25, 0.3) is 0 Å². The minimum atomic E-state index is -3.51. The van der Waals surface area contributed by atoms with E-state index in [0.29, 0.717) is 22.8 Å². The Morgan fingerprint density at radius 2 is 2.05 bits per heavy atom.